The van der Waals surface area contributed by atoms with Crippen molar-refractivity contribution in [2.24, 2.45) is 0 Å². The molecule has 1 saturated heterocycles. The Hall–Kier alpha value is -3.02. The molecule has 4 rings (SSSR count). The van der Waals surface area contributed by atoms with Crippen LogP contribution in [0, 0.1) is 0 Å². The van der Waals surface area contributed by atoms with Crippen LogP contribution in [0.15, 0.2) is 48.5 Å². The van der Waals surface area contributed by atoms with E-state index < -0.39 is 0 Å². The largest absolute Gasteiger partial charge is 0.483 e. The van der Waals surface area contributed by atoms with Crippen LogP contribution in [-0.2, 0) is 11.2 Å². The standard InChI is InChI=1S/C24H28N2O4/c1-24(2)16-19-10-6-11-20(22(19)30-24)29-17-21(27)25-12-7-13-26(15-14-25)23(28)18-8-4-3-5-9-18/h3-6,8-11H,7,12-17H2,1-2H3. The second-order valence-corrected chi connectivity index (χ2v) is 8.46. The Morgan fingerprint density at radius 1 is 0.967 bits per heavy atom. The minimum absolute atomic E-state index is 0.0146. The topological polar surface area (TPSA) is 59.1 Å². The van der Waals surface area contributed by atoms with Crippen molar-refractivity contribution in [2.45, 2.75) is 32.3 Å². The van der Waals surface area contributed by atoms with Crippen LogP contribution in [0.4, 0.5) is 0 Å². The van der Waals surface area contributed by atoms with E-state index in [4.69, 9.17) is 9.47 Å². The smallest absolute Gasteiger partial charge is 0.260 e. The maximum atomic E-state index is 12.8. The van der Waals surface area contributed by atoms with E-state index in [2.05, 4.69) is 0 Å². The average Bonchev–Trinajstić information content (AvgIpc) is 2.91. The molecule has 0 saturated carbocycles. The summed E-state index contributed by atoms with van der Waals surface area (Å²) in [4.78, 5) is 29.0. The van der Waals surface area contributed by atoms with Crippen molar-refractivity contribution in [2.75, 3.05) is 32.8 Å². The first-order chi connectivity index (χ1) is 14.4. The van der Waals surface area contributed by atoms with Crippen molar-refractivity contribution in [1.82, 2.24) is 9.80 Å². The molecule has 2 amide bonds. The molecule has 6 heteroatoms. The first-order valence-electron chi connectivity index (χ1n) is 10.5. The third-order valence-corrected chi connectivity index (χ3v) is 5.56. The van der Waals surface area contributed by atoms with Crippen molar-refractivity contribution in [3.05, 3.63) is 59.7 Å². The molecule has 0 aromatic heterocycles. The maximum absolute atomic E-state index is 12.8. The summed E-state index contributed by atoms with van der Waals surface area (Å²) in [5.41, 5.74) is 1.53. The van der Waals surface area contributed by atoms with E-state index in [9.17, 15) is 9.59 Å². The van der Waals surface area contributed by atoms with Gasteiger partial charge in [0.15, 0.2) is 18.1 Å². The number of fused-ring (bicyclic) bond motifs is 1. The van der Waals surface area contributed by atoms with Gasteiger partial charge in [0.05, 0.1) is 0 Å². The number of nitrogens with zero attached hydrogens (tertiary/aromatic N) is 2. The molecule has 0 radical (unpaired) electrons. The number of rotatable bonds is 4. The zero-order chi connectivity index (χ0) is 21.1. The fourth-order valence-electron chi connectivity index (χ4n) is 4.07. The number of hydrogen-bond acceptors (Lipinski definition) is 4. The lowest BCUT2D eigenvalue weighted by Crippen LogP contribution is -2.39. The number of benzene rings is 2. The number of carbonyl (C=O) groups is 2. The number of ether oxygens (including phenoxy) is 2. The van der Waals surface area contributed by atoms with Crippen LogP contribution in [0.25, 0.3) is 0 Å². The normalized spacial score (nSPS) is 17.7. The van der Waals surface area contributed by atoms with Gasteiger partial charge in [-0.15, -0.1) is 0 Å². The van der Waals surface area contributed by atoms with E-state index in [0.717, 1.165) is 24.2 Å². The molecule has 2 aromatic rings. The third-order valence-electron chi connectivity index (χ3n) is 5.56. The summed E-state index contributed by atoms with van der Waals surface area (Å²) in [5.74, 6) is 1.30. The van der Waals surface area contributed by atoms with Gasteiger partial charge in [0, 0.05) is 43.7 Å². The minimum atomic E-state index is -0.259. The molecule has 158 valence electrons. The van der Waals surface area contributed by atoms with E-state index in [1.54, 1.807) is 4.90 Å². The lowest BCUT2D eigenvalue weighted by atomic mass is 10.0. The monoisotopic (exact) mass is 408 g/mol. The molecule has 6 nitrogen and oxygen atoms in total. The Labute approximate surface area is 177 Å². The number of amides is 2. The summed E-state index contributed by atoms with van der Waals surface area (Å²) in [6.07, 6.45) is 1.58. The number of para-hydroxylation sites is 1. The summed E-state index contributed by atoms with van der Waals surface area (Å²) in [5, 5.41) is 0. The first kappa shape index (κ1) is 20.3. The molecular formula is C24H28N2O4. The molecule has 2 aliphatic rings. The highest BCUT2D eigenvalue weighted by molar-refractivity contribution is 5.94. The molecule has 2 aliphatic heterocycles. The van der Waals surface area contributed by atoms with Crippen LogP contribution in [-0.4, -0.2) is 60.0 Å². The zero-order valence-electron chi connectivity index (χ0n) is 17.6. The maximum Gasteiger partial charge on any atom is 0.260 e. The second kappa shape index (κ2) is 8.38. The van der Waals surface area contributed by atoms with Crippen molar-refractivity contribution < 1.29 is 19.1 Å². The average molecular weight is 408 g/mol. The van der Waals surface area contributed by atoms with E-state index in [1.165, 1.54) is 0 Å². The SMILES string of the molecule is CC1(C)Cc2cccc(OCC(=O)N3CCCN(C(=O)c4ccccc4)CC3)c2O1. The first-order valence-corrected chi connectivity index (χ1v) is 10.5. The summed E-state index contributed by atoms with van der Waals surface area (Å²) in [6.45, 7) is 6.36. The molecule has 2 heterocycles. The second-order valence-electron chi connectivity index (χ2n) is 8.46. The molecule has 0 atom stereocenters. The Kier molecular flexibility index (Phi) is 5.66. The molecular weight excluding hydrogens is 380 g/mol. The highest BCUT2D eigenvalue weighted by Gasteiger charge is 2.32. The fourth-order valence-corrected chi connectivity index (χ4v) is 4.07. The molecule has 2 aromatic carbocycles. The van der Waals surface area contributed by atoms with Crippen LogP contribution in [0.1, 0.15) is 36.2 Å². The van der Waals surface area contributed by atoms with Gasteiger partial charge in [0.1, 0.15) is 5.60 Å². The molecule has 30 heavy (non-hydrogen) atoms. The highest BCUT2D eigenvalue weighted by atomic mass is 16.5. The molecule has 0 aliphatic carbocycles. The van der Waals surface area contributed by atoms with Crippen LogP contribution in [0.3, 0.4) is 0 Å². The quantitative estimate of drug-likeness (QED) is 0.780. The van der Waals surface area contributed by atoms with Gasteiger partial charge >= 0.3 is 0 Å². The van der Waals surface area contributed by atoms with Crippen LogP contribution in [0.2, 0.25) is 0 Å². The number of carbonyl (C=O) groups excluding carboxylic acids is 2. The fraction of sp³-hybridized carbons (Fsp3) is 0.417. The molecule has 0 bridgehead atoms. The van der Waals surface area contributed by atoms with E-state index in [1.807, 2.05) is 67.3 Å². The van der Waals surface area contributed by atoms with Crippen molar-refractivity contribution in [3.8, 4) is 11.5 Å². The summed E-state index contributed by atoms with van der Waals surface area (Å²) >= 11 is 0. The Morgan fingerprint density at radius 2 is 1.70 bits per heavy atom. The predicted octanol–water partition coefficient (Wildman–Crippen LogP) is 3.15. The van der Waals surface area contributed by atoms with Gasteiger partial charge in [-0.3, -0.25) is 9.59 Å². The molecule has 0 unspecified atom stereocenters. The van der Waals surface area contributed by atoms with Crippen LogP contribution in [0.5, 0.6) is 11.5 Å². The third kappa shape index (κ3) is 4.42. The van der Waals surface area contributed by atoms with Gasteiger partial charge in [-0.1, -0.05) is 30.3 Å². The van der Waals surface area contributed by atoms with Crippen molar-refractivity contribution in [3.63, 3.8) is 0 Å². The van der Waals surface area contributed by atoms with Gasteiger partial charge in [0.2, 0.25) is 0 Å². The van der Waals surface area contributed by atoms with Crippen molar-refractivity contribution in [1.29, 1.82) is 0 Å². The summed E-state index contributed by atoms with van der Waals surface area (Å²) in [6, 6.07) is 15.1. The molecule has 0 spiro atoms. The molecule has 0 N–H and O–H groups in total. The van der Waals surface area contributed by atoms with Gasteiger partial charge < -0.3 is 19.3 Å². The lowest BCUT2D eigenvalue weighted by Gasteiger charge is -2.23. The van der Waals surface area contributed by atoms with E-state index in [-0.39, 0.29) is 24.0 Å². The lowest BCUT2D eigenvalue weighted by molar-refractivity contribution is -0.133. The minimum Gasteiger partial charge on any atom is -0.483 e. The zero-order valence-corrected chi connectivity index (χ0v) is 17.6. The summed E-state index contributed by atoms with van der Waals surface area (Å²) < 4.78 is 11.9. The van der Waals surface area contributed by atoms with Crippen LogP contribution >= 0.6 is 0 Å². The van der Waals surface area contributed by atoms with E-state index in [0.29, 0.717) is 37.5 Å². The Morgan fingerprint density at radius 3 is 2.50 bits per heavy atom. The summed E-state index contributed by atoms with van der Waals surface area (Å²) in [7, 11) is 0. The Bertz CT molecular complexity index is 926. The predicted molar refractivity (Wildman–Crippen MR) is 114 cm³/mol. The van der Waals surface area contributed by atoms with Gasteiger partial charge in [0.25, 0.3) is 11.8 Å². The van der Waals surface area contributed by atoms with Gasteiger partial charge in [-0.25, -0.2) is 0 Å². The molecule has 1 fully saturated rings. The number of hydrogen-bond donors (Lipinski definition) is 0. The Balaban J connectivity index is 1.33. The highest BCUT2D eigenvalue weighted by Crippen LogP contribution is 2.41. The van der Waals surface area contributed by atoms with Crippen molar-refractivity contribution >= 4 is 11.8 Å². The van der Waals surface area contributed by atoms with Gasteiger partial charge in [-0.05, 0) is 38.5 Å². The van der Waals surface area contributed by atoms with E-state index >= 15 is 0 Å². The van der Waals surface area contributed by atoms with Gasteiger partial charge in [-0.2, -0.15) is 0 Å². The van der Waals surface area contributed by atoms with Crippen LogP contribution < -0.4 is 9.47 Å².